The lowest BCUT2D eigenvalue weighted by molar-refractivity contribution is 0.0118. The molecule has 0 radical (unpaired) electrons. The molecule has 10 heteroatoms. The minimum atomic E-state index is -0.871. The zero-order valence-electron chi connectivity index (χ0n) is 23.1. The van der Waals surface area contributed by atoms with Crippen LogP contribution in [0.25, 0.3) is 5.65 Å². The summed E-state index contributed by atoms with van der Waals surface area (Å²) in [4.78, 5) is 24.5. The fourth-order valence-electron chi connectivity index (χ4n) is 6.70. The van der Waals surface area contributed by atoms with E-state index in [1.165, 1.54) is 6.42 Å². The maximum Gasteiger partial charge on any atom is 0.253 e. The summed E-state index contributed by atoms with van der Waals surface area (Å²) in [6, 6.07) is 19.5. The molecule has 41 heavy (non-hydrogen) atoms. The molecular formula is C31H34ClN7O2. The van der Waals surface area contributed by atoms with Gasteiger partial charge in [-0.05, 0) is 92.9 Å². The second-order valence-electron chi connectivity index (χ2n) is 11.6. The van der Waals surface area contributed by atoms with E-state index < -0.39 is 5.60 Å². The lowest BCUT2D eigenvalue weighted by Crippen LogP contribution is -2.42. The third-order valence-electron chi connectivity index (χ3n) is 9.16. The fourth-order valence-corrected chi connectivity index (χ4v) is 6.83. The molecule has 0 spiro atoms. The Morgan fingerprint density at radius 2 is 1.78 bits per heavy atom. The molecule has 3 aliphatic rings. The van der Waals surface area contributed by atoms with Gasteiger partial charge in [0, 0.05) is 54.7 Å². The second kappa shape index (κ2) is 10.3. The van der Waals surface area contributed by atoms with Crippen molar-refractivity contribution >= 4 is 40.5 Å². The van der Waals surface area contributed by atoms with Crippen LogP contribution in [-0.2, 0) is 5.60 Å². The lowest BCUT2D eigenvalue weighted by atomic mass is 9.84. The number of likely N-dealkylation sites (N-methyl/N-ethyl adjacent to an activating group) is 1. The summed E-state index contributed by atoms with van der Waals surface area (Å²) in [6.07, 6.45) is 4.27. The number of likely N-dealkylation sites (tertiary alicyclic amines) is 2. The highest BCUT2D eigenvalue weighted by molar-refractivity contribution is 6.30. The summed E-state index contributed by atoms with van der Waals surface area (Å²) in [7, 11) is 2.16. The molecule has 0 unspecified atom stereocenters. The van der Waals surface area contributed by atoms with Crippen molar-refractivity contribution in [1.82, 2.24) is 24.4 Å². The number of anilines is 3. The van der Waals surface area contributed by atoms with E-state index in [1.807, 2.05) is 71.8 Å². The Morgan fingerprint density at radius 3 is 2.51 bits per heavy atom. The van der Waals surface area contributed by atoms with Gasteiger partial charge in [0.05, 0.1) is 11.3 Å². The number of amides is 1. The number of hydrogen-bond acceptors (Lipinski definition) is 7. The average Bonchev–Trinajstić information content (AvgIpc) is 3.69. The Labute approximate surface area is 244 Å². The maximum atomic E-state index is 13.1. The summed E-state index contributed by atoms with van der Waals surface area (Å²) in [5.74, 6) is 1.18. The smallest absolute Gasteiger partial charge is 0.253 e. The number of rotatable bonds is 5. The van der Waals surface area contributed by atoms with Crippen molar-refractivity contribution in [2.75, 3.05) is 50.0 Å². The molecule has 0 saturated carbocycles. The number of aromatic nitrogens is 3. The number of hydrogen-bond donors (Lipinski definition) is 2. The van der Waals surface area contributed by atoms with Crippen LogP contribution >= 0.6 is 11.6 Å². The van der Waals surface area contributed by atoms with E-state index in [-0.39, 0.29) is 5.91 Å². The Morgan fingerprint density at radius 1 is 1.02 bits per heavy atom. The second-order valence-corrected chi connectivity index (χ2v) is 12.1. The van der Waals surface area contributed by atoms with E-state index in [2.05, 4.69) is 27.3 Å². The van der Waals surface area contributed by atoms with Crippen LogP contribution in [0.4, 0.5) is 17.3 Å². The van der Waals surface area contributed by atoms with Gasteiger partial charge < -0.3 is 25.1 Å². The highest BCUT2D eigenvalue weighted by atomic mass is 35.5. The quantitative estimate of drug-likeness (QED) is 0.367. The molecule has 2 N–H and O–H groups in total. The molecule has 3 fully saturated rings. The molecule has 5 heterocycles. The van der Waals surface area contributed by atoms with Crippen LogP contribution in [0.3, 0.4) is 0 Å². The zero-order valence-corrected chi connectivity index (χ0v) is 23.8. The number of carbonyl (C=O) groups excluding carboxylic acids is 1. The molecule has 0 bridgehead atoms. The van der Waals surface area contributed by atoms with Crippen molar-refractivity contribution in [3.8, 4) is 0 Å². The van der Waals surface area contributed by atoms with Crippen molar-refractivity contribution in [3.63, 3.8) is 0 Å². The van der Waals surface area contributed by atoms with Gasteiger partial charge in [-0.15, -0.1) is 5.10 Å². The van der Waals surface area contributed by atoms with Gasteiger partial charge in [0.2, 0.25) is 5.95 Å². The maximum absolute atomic E-state index is 13.1. The average molecular weight is 572 g/mol. The predicted octanol–water partition coefficient (Wildman–Crippen LogP) is 4.39. The molecule has 0 aliphatic carbocycles. The first-order valence-corrected chi connectivity index (χ1v) is 14.7. The van der Waals surface area contributed by atoms with Crippen LogP contribution < -0.4 is 10.2 Å². The summed E-state index contributed by atoms with van der Waals surface area (Å²) < 4.78 is 1.77. The summed E-state index contributed by atoms with van der Waals surface area (Å²) >= 11 is 6.04. The van der Waals surface area contributed by atoms with E-state index in [1.54, 1.807) is 4.52 Å². The molecule has 3 saturated heterocycles. The molecule has 1 amide bonds. The Kier molecular flexibility index (Phi) is 6.60. The number of aliphatic hydroxyl groups is 1. The number of nitrogens with one attached hydrogen (secondary N) is 1. The minimum absolute atomic E-state index is 0.0966. The number of nitrogens with zero attached hydrogens (tertiary/aromatic N) is 6. The van der Waals surface area contributed by atoms with Gasteiger partial charge in [-0.25, -0.2) is 4.52 Å². The number of benzene rings is 2. The lowest BCUT2D eigenvalue weighted by Gasteiger charge is -2.39. The monoisotopic (exact) mass is 571 g/mol. The first kappa shape index (κ1) is 26.3. The molecule has 7 rings (SSSR count). The normalized spacial score (nSPS) is 22.3. The van der Waals surface area contributed by atoms with Gasteiger partial charge in [-0.1, -0.05) is 23.7 Å². The Hall–Kier alpha value is -3.66. The number of halogens is 1. The summed E-state index contributed by atoms with van der Waals surface area (Å²) in [6.45, 7) is 4.17. The summed E-state index contributed by atoms with van der Waals surface area (Å²) in [5, 5.41) is 19.9. The molecule has 4 aromatic rings. The highest BCUT2D eigenvalue weighted by Gasteiger charge is 2.41. The first-order valence-electron chi connectivity index (χ1n) is 14.3. The molecule has 212 valence electrons. The predicted molar refractivity (Wildman–Crippen MR) is 160 cm³/mol. The van der Waals surface area contributed by atoms with E-state index in [9.17, 15) is 9.90 Å². The van der Waals surface area contributed by atoms with Crippen LogP contribution in [0.1, 0.15) is 35.2 Å². The van der Waals surface area contributed by atoms with Crippen molar-refractivity contribution in [2.24, 2.45) is 5.92 Å². The van der Waals surface area contributed by atoms with E-state index in [0.717, 1.165) is 42.2 Å². The number of piperidine rings is 1. The Balaban J connectivity index is 1.02. The van der Waals surface area contributed by atoms with Crippen LogP contribution in [-0.4, -0.2) is 81.2 Å². The highest BCUT2D eigenvalue weighted by Crippen LogP contribution is 2.36. The van der Waals surface area contributed by atoms with Gasteiger partial charge in [0.1, 0.15) is 0 Å². The Bertz CT molecular complexity index is 1560. The zero-order chi connectivity index (χ0) is 28.1. The third kappa shape index (κ3) is 4.92. The SMILES string of the molecule is CN1CC[C@H]2CN(C(=O)c3ccc(Nc4nc5c(N6CCC(O)(c7ccc(Cl)cc7)CC6)cccn5n4)cc3)C[C@H]21. The van der Waals surface area contributed by atoms with Gasteiger partial charge in [0.25, 0.3) is 5.91 Å². The van der Waals surface area contributed by atoms with Crippen LogP contribution in [0.5, 0.6) is 0 Å². The minimum Gasteiger partial charge on any atom is -0.385 e. The van der Waals surface area contributed by atoms with Gasteiger partial charge in [0.15, 0.2) is 5.65 Å². The summed E-state index contributed by atoms with van der Waals surface area (Å²) in [5.41, 5.74) is 3.29. The molecule has 2 atom stereocenters. The van der Waals surface area contributed by atoms with Crippen LogP contribution in [0.2, 0.25) is 5.02 Å². The number of pyridine rings is 1. The van der Waals surface area contributed by atoms with E-state index in [4.69, 9.17) is 16.6 Å². The van der Waals surface area contributed by atoms with Crippen molar-refractivity contribution < 1.29 is 9.90 Å². The van der Waals surface area contributed by atoms with Gasteiger partial charge >= 0.3 is 0 Å². The molecule has 2 aromatic carbocycles. The fraction of sp³-hybridized carbons (Fsp3) is 0.387. The molecular weight excluding hydrogens is 538 g/mol. The topological polar surface area (TPSA) is 89.2 Å². The molecule has 9 nitrogen and oxygen atoms in total. The van der Waals surface area contributed by atoms with Gasteiger partial charge in [-0.2, -0.15) is 4.98 Å². The molecule has 3 aliphatic heterocycles. The van der Waals surface area contributed by atoms with Crippen molar-refractivity contribution in [2.45, 2.75) is 30.9 Å². The number of carbonyl (C=O) groups is 1. The van der Waals surface area contributed by atoms with Crippen molar-refractivity contribution in [3.05, 3.63) is 83.0 Å². The number of fused-ring (bicyclic) bond motifs is 2. The largest absolute Gasteiger partial charge is 0.385 e. The van der Waals surface area contributed by atoms with Crippen LogP contribution in [0, 0.1) is 5.92 Å². The molecule has 2 aromatic heterocycles. The van der Waals surface area contributed by atoms with Crippen molar-refractivity contribution in [1.29, 1.82) is 0 Å². The van der Waals surface area contributed by atoms with Gasteiger partial charge in [-0.3, -0.25) is 4.79 Å². The third-order valence-corrected chi connectivity index (χ3v) is 9.41. The standard InChI is InChI=1S/C31H34ClN7O2/c1-36-16-12-22-19-38(20-27(22)36)29(40)21-4-10-25(11-5-21)33-30-34-28-26(3-2-15-39(28)35-30)37-17-13-31(41,14-18-37)23-6-8-24(32)9-7-23/h2-11,15,22,27,41H,12-14,16-20H2,1H3,(H,33,35)/t22-,27+/m0/s1. The van der Waals surface area contributed by atoms with E-state index in [0.29, 0.717) is 54.4 Å². The first-order chi connectivity index (χ1) is 19.9. The van der Waals surface area contributed by atoms with Crippen LogP contribution in [0.15, 0.2) is 66.9 Å². The van der Waals surface area contributed by atoms with E-state index >= 15 is 0 Å².